The highest BCUT2D eigenvalue weighted by molar-refractivity contribution is 4.76. The molecule has 0 aliphatic rings. The molecule has 10 heavy (non-hydrogen) atoms. The molecule has 6 heteroatoms. The summed E-state index contributed by atoms with van der Waals surface area (Å²) < 4.78 is 0. The molecule has 0 aromatic heterocycles. The van der Waals surface area contributed by atoms with Crippen molar-refractivity contribution in [2.24, 2.45) is 5.34 Å². The van der Waals surface area contributed by atoms with Gasteiger partial charge in [0, 0.05) is 0 Å². The van der Waals surface area contributed by atoms with Crippen LogP contribution in [0.4, 0.5) is 0 Å². The van der Waals surface area contributed by atoms with Crippen LogP contribution in [0.15, 0.2) is 5.34 Å². The third kappa shape index (κ3) is 1.90. The van der Waals surface area contributed by atoms with Gasteiger partial charge in [0.15, 0.2) is 5.34 Å². The van der Waals surface area contributed by atoms with E-state index in [2.05, 4.69) is 4.84 Å². The van der Waals surface area contributed by atoms with Gasteiger partial charge in [-0.05, 0) is 0 Å². The molecule has 0 saturated carbocycles. The highest BCUT2D eigenvalue weighted by Gasteiger charge is 2.31. The summed E-state index contributed by atoms with van der Waals surface area (Å²) in [7, 11) is 0. The minimum atomic E-state index is -1.64. The molecule has 0 radical (unpaired) electrons. The van der Waals surface area contributed by atoms with Crippen LogP contribution in [0.2, 0.25) is 0 Å². The lowest BCUT2D eigenvalue weighted by atomic mass is 10.1. The zero-order valence-corrected chi connectivity index (χ0v) is 5.23. The van der Waals surface area contributed by atoms with Gasteiger partial charge in [-0.1, -0.05) is 0 Å². The summed E-state index contributed by atoms with van der Waals surface area (Å²) in [5.41, 5.74) is -1.64. The Bertz CT molecular complexity index is 93.6. The van der Waals surface area contributed by atoms with Crippen molar-refractivity contribution in [2.75, 3.05) is 19.8 Å². The van der Waals surface area contributed by atoms with E-state index >= 15 is 0 Å². The minimum absolute atomic E-state index is 0.661. The molecule has 0 bridgehead atoms. The molecule has 0 aliphatic heterocycles. The van der Waals surface area contributed by atoms with E-state index in [0.29, 0.717) is 0 Å². The van der Waals surface area contributed by atoms with Crippen molar-refractivity contribution in [1.82, 2.24) is 0 Å². The minimum Gasteiger partial charge on any atom is -0.392 e. The van der Waals surface area contributed by atoms with Crippen LogP contribution in [-0.2, 0) is 4.84 Å². The Morgan fingerprint density at radius 2 is 1.60 bits per heavy atom. The molecule has 3 N–H and O–H groups in total. The van der Waals surface area contributed by atoms with E-state index in [1.807, 2.05) is 5.34 Å². The third-order valence-corrected chi connectivity index (χ3v) is 1.10. The van der Waals surface area contributed by atoms with E-state index in [9.17, 15) is 4.91 Å². The zero-order valence-electron chi connectivity index (χ0n) is 5.23. The van der Waals surface area contributed by atoms with Gasteiger partial charge in [0.05, 0.1) is 19.8 Å². The molecule has 0 spiro atoms. The van der Waals surface area contributed by atoms with Gasteiger partial charge < -0.3 is 20.2 Å². The van der Waals surface area contributed by atoms with Gasteiger partial charge in [0.2, 0.25) is 5.60 Å². The van der Waals surface area contributed by atoms with E-state index < -0.39 is 25.4 Å². The van der Waals surface area contributed by atoms with Crippen LogP contribution in [0.25, 0.3) is 0 Å². The lowest BCUT2D eigenvalue weighted by Crippen LogP contribution is -2.43. The third-order valence-electron chi connectivity index (χ3n) is 1.10. The van der Waals surface area contributed by atoms with Gasteiger partial charge in [0.25, 0.3) is 0 Å². The summed E-state index contributed by atoms with van der Waals surface area (Å²) in [6.07, 6.45) is 0. The van der Waals surface area contributed by atoms with Gasteiger partial charge in [-0.25, -0.2) is 0 Å². The maximum Gasteiger partial charge on any atom is 0.209 e. The van der Waals surface area contributed by atoms with E-state index in [0.717, 1.165) is 0 Å². The molecule has 0 amide bonds. The van der Waals surface area contributed by atoms with Crippen molar-refractivity contribution in [3.05, 3.63) is 4.91 Å². The van der Waals surface area contributed by atoms with Crippen molar-refractivity contribution in [2.45, 2.75) is 5.60 Å². The maximum atomic E-state index is 9.49. The van der Waals surface area contributed by atoms with Crippen LogP contribution in [0.3, 0.4) is 0 Å². The van der Waals surface area contributed by atoms with Gasteiger partial charge in [-0.15, -0.1) is 4.91 Å². The lowest BCUT2D eigenvalue weighted by Gasteiger charge is -2.21. The molecule has 0 atom stereocenters. The van der Waals surface area contributed by atoms with Crippen molar-refractivity contribution in [3.8, 4) is 0 Å². The first-order valence-corrected chi connectivity index (χ1v) is 2.58. The number of aliphatic hydroxyl groups excluding tert-OH is 3. The average molecular weight is 151 g/mol. The topological polar surface area (TPSA) is 99.4 Å². The van der Waals surface area contributed by atoms with Crippen LogP contribution in [0.1, 0.15) is 0 Å². The number of aliphatic hydroxyl groups is 3. The average Bonchev–Trinajstić information content (AvgIpc) is 2.01. The SMILES string of the molecule is O=NOC(CO)(CO)CO. The molecule has 0 unspecified atom stereocenters. The lowest BCUT2D eigenvalue weighted by molar-refractivity contribution is -0.134. The summed E-state index contributed by atoms with van der Waals surface area (Å²) in [4.78, 5) is 13.5. The highest BCUT2D eigenvalue weighted by atomic mass is 16.7. The highest BCUT2D eigenvalue weighted by Crippen LogP contribution is 2.07. The summed E-state index contributed by atoms with van der Waals surface area (Å²) in [6.45, 7) is -1.98. The Morgan fingerprint density at radius 3 is 1.70 bits per heavy atom. The van der Waals surface area contributed by atoms with E-state index in [1.54, 1.807) is 0 Å². The Balaban J connectivity index is 4.00. The largest absolute Gasteiger partial charge is 0.392 e. The molecule has 0 saturated heterocycles. The molecular weight excluding hydrogens is 142 g/mol. The monoisotopic (exact) mass is 151 g/mol. The van der Waals surface area contributed by atoms with Gasteiger partial charge in [0.1, 0.15) is 0 Å². The first kappa shape index (κ1) is 9.28. The maximum absolute atomic E-state index is 9.49. The van der Waals surface area contributed by atoms with Crippen molar-refractivity contribution >= 4 is 0 Å². The molecule has 6 nitrogen and oxygen atoms in total. The number of rotatable bonds is 5. The molecule has 0 aliphatic carbocycles. The standard InChI is InChI=1S/C4H9NO5/c6-1-4(2-7,3-8)10-5-9/h6-8H,1-3H2. The second-order valence-corrected chi connectivity index (χ2v) is 1.82. The predicted octanol–water partition coefficient (Wildman–Crippen LogP) is -1.60. The molecule has 0 rings (SSSR count). The van der Waals surface area contributed by atoms with Crippen molar-refractivity contribution < 1.29 is 20.2 Å². The van der Waals surface area contributed by atoms with Crippen molar-refractivity contribution in [3.63, 3.8) is 0 Å². The van der Waals surface area contributed by atoms with Crippen LogP contribution < -0.4 is 0 Å². The molecule has 0 heterocycles. The number of hydrogen-bond donors (Lipinski definition) is 3. The van der Waals surface area contributed by atoms with E-state index in [-0.39, 0.29) is 0 Å². The summed E-state index contributed by atoms with van der Waals surface area (Å²) >= 11 is 0. The first-order chi connectivity index (χ1) is 4.74. The molecule has 60 valence electrons. The normalized spacial score (nSPS) is 11.1. The van der Waals surface area contributed by atoms with Gasteiger partial charge in [-0.2, -0.15) is 0 Å². The molecule has 0 aromatic rings. The molecular formula is C4H9NO5. The predicted molar refractivity (Wildman–Crippen MR) is 30.9 cm³/mol. The quantitative estimate of drug-likeness (QED) is 0.324. The Kier molecular flexibility index (Phi) is 3.85. The van der Waals surface area contributed by atoms with Crippen LogP contribution in [-0.4, -0.2) is 40.7 Å². The second kappa shape index (κ2) is 4.15. The Morgan fingerprint density at radius 1 is 1.20 bits per heavy atom. The van der Waals surface area contributed by atoms with Crippen molar-refractivity contribution in [1.29, 1.82) is 0 Å². The Labute approximate surface area is 57.0 Å². The summed E-state index contributed by atoms with van der Waals surface area (Å²) in [5, 5.41) is 27.4. The fraction of sp³-hybridized carbons (Fsp3) is 1.00. The smallest absolute Gasteiger partial charge is 0.209 e. The summed E-state index contributed by atoms with van der Waals surface area (Å²) in [6, 6.07) is 0. The number of hydrogen-bond acceptors (Lipinski definition) is 6. The van der Waals surface area contributed by atoms with Crippen LogP contribution >= 0.6 is 0 Å². The number of nitrogens with zero attached hydrogens (tertiary/aromatic N) is 1. The summed E-state index contributed by atoms with van der Waals surface area (Å²) in [5.74, 6) is 0. The van der Waals surface area contributed by atoms with E-state index in [1.165, 1.54) is 0 Å². The fourth-order valence-corrected chi connectivity index (χ4v) is 0.316. The second-order valence-electron chi connectivity index (χ2n) is 1.82. The Hall–Kier alpha value is -0.720. The first-order valence-electron chi connectivity index (χ1n) is 2.58. The van der Waals surface area contributed by atoms with Crippen LogP contribution in [0.5, 0.6) is 0 Å². The fourth-order valence-electron chi connectivity index (χ4n) is 0.316. The van der Waals surface area contributed by atoms with Crippen LogP contribution in [0, 0.1) is 4.91 Å². The molecule has 0 fully saturated rings. The van der Waals surface area contributed by atoms with Gasteiger partial charge in [-0.3, -0.25) is 0 Å². The van der Waals surface area contributed by atoms with Gasteiger partial charge >= 0.3 is 0 Å². The molecule has 0 aromatic carbocycles. The zero-order chi connectivity index (χ0) is 8.04. The van der Waals surface area contributed by atoms with E-state index in [4.69, 9.17) is 15.3 Å².